The van der Waals surface area contributed by atoms with Crippen LogP contribution in [0.4, 0.5) is 0 Å². The fraction of sp³-hybridized carbons (Fsp3) is 0.0588. The number of nitrogens with zero attached hydrogens (tertiary/aromatic N) is 1. The van der Waals surface area contributed by atoms with Crippen molar-refractivity contribution < 1.29 is 4.79 Å². The van der Waals surface area contributed by atoms with Gasteiger partial charge in [0.05, 0.1) is 5.02 Å². The number of benzene rings is 2. The maximum atomic E-state index is 11.4. The Morgan fingerprint density at radius 2 is 2.00 bits per heavy atom. The van der Waals surface area contributed by atoms with Gasteiger partial charge in [0.25, 0.3) is 0 Å². The van der Waals surface area contributed by atoms with Crippen LogP contribution >= 0.6 is 11.6 Å². The molecule has 20 heavy (non-hydrogen) atoms. The van der Waals surface area contributed by atoms with Crippen molar-refractivity contribution in [2.75, 3.05) is 0 Å². The smallest absolute Gasteiger partial charge is 0.161 e. The summed E-state index contributed by atoms with van der Waals surface area (Å²) in [6.07, 6.45) is 3.62. The van der Waals surface area contributed by atoms with Crippen molar-refractivity contribution >= 4 is 28.2 Å². The molecule has 3 rings (SSSR count). The molecule has 2 aromatic carbocycles. The highest BCUT2D eigenvalue weighted by atomic mass is 35.5. The van der Waals surface area contributed by atoms with Crippen LogP contribution in [0, 0.1) is 0 Å². The quantitative estimate of drug-likeness (QED) is 0.634. The van der Waals surface area contributed by atoms with E-state index in [1.54, 1.807) is 12.3 Å². The first-order valence-electron chi connectivity index (χ1n) is 6.30. The molecular formula is C17H12ClNO. The summed E-state index contributed by atoms with van der Waals surface area (Å²) in [5.74, 6) is -0.0267. The summed E-state index contributed by atoms with van der Waals surface area (Å²) in [4.78, 5) is 15.6. The molecule has 3 aromatic rings. The summed E-state index contributed by atoms with van der Waals surface area (Å²) in [7, 11) is 0. The topological polar surface area (TPSA) is 30.0 Å². The number of hydrogen-bond acceptors (Lipinski definition) is 2. The minimum absolute atomic E-state index is 0.0267. The first-order chi connectivity index (χ1) is 9.66. The molecule has 2 nitrogen and oxygen atoms in total. The van der Waals surface area contributed by atoms with E-state index in [2.05, 4.69) is 4.98 Å². The third-order valence-electron chi connectivity index (χ3n) is 3.34. The van der Waals surface area contributed by atoms with Gasteiger partial charge >= 0.3 is 0 Å². The Hall–Kier alpha value is -2.19. The third-order valence-corrected chi connectivity index (χ3v) is 3.66. The number of aromatic nitrogens is 1. The minimum atomic E-state index is -0.0267. The van der Waals surface area contributed by atoms with E-state index in [0.29, 0.717) is 10.6 Å². The molecule has 0 aliphatic heterocycles. The number of rotatable bonds is 2. The molecule has 98 valence electrons. The molecule has 0 fully saturated rings. The van der Waals surface area contributed by atoms with Gasteiger partial charge in [0.2, 0.25) is 0 Å². The van der Waals surface area contributed by atoms with Crippen LogP contribution in [0.25, 0.3) is 21.9 Å². The molecule has 1 heterocycles. The summed E-state index contributed by atoms with van der Waals surface area (Å²) in [5, 5.41) is 2.68. The second-order valence-corrected chi connectivity index (χ2v) is 5.06. The number of pyridine rings is 1. The van der Waals surface area contributed by atoms with Crippen molar-refractivity contribution in [3.8, 4) is 11.1 Å². The highest BCUT2D eigenvalue weighted by molar-refractivity contribution is 6.34. The van der Waals surface area contributed by atoms with Crippen molar-refractivity contribution in [2.24, 2.45) is 0 Å². The van der Waals surface area contributed by atoms with E-state index in [9.17, 15) is 4.79 Å². The molecule has 0 saturated heterocycles. The number of Topliss-reactive ketones (excluding diaryl/α,β-unsaturated/α-hetero) is 1. The predicted octanol–water partition coefficient (Wildman–Crippen LogP) is 4.76. The number of ketones is 1. The van der Waals surface area contributed by atoms with E-state index >= 15 is 0 Å². The molecule has 0 aliphatic rings. The fourth-order valence-electron chi connectivity index (χ4n) is 2.33. The van der Waals surface area contributed by atoms with E-state index < -0.39 is 0 Å². The van der Waals surface area contributed by atoms with Gasteiger partial charge in [-0.25, -0.2) is 0 Å². The Balaban J connectivity index is 2.21. The van der Waals surface area contributed by atoms with Crippen LogP contribution in [0.1, 0.15) is 17.3 Å². The van der Waals surface area contributed by atoms with Gasteiger partial charge in [-0.15, -0.1) is 0 Å². The average Bonchev–Trinajstić information content (AvgIpc) is 2.46. The van der Waals surface area contributed by atoms with Gasteiger partial charge in [-0.2, -0.15) is 0 Å². The standard InChI is InChI=1S/C17H12ClNO/c1-11(20)14-6-5-13(9-17(14)18)15-4-2-3-12-7-8-19-10-16(12)15/h2-10H,1H3. The molecule has 0 saturated carbocycles. The van der Waals surface area contributed by atoms with Crippen LogP contribution in [0.15, 0.2) is 54.9 Å². The lowest BCUT2D eigenvalue weighted by Gasteiger charge is -2.08. The highest BCUT2D eigenvalue weighted by Gasteiger charge is 2.09. The number of carbonyl (C=O) groups is 1. The van der Waals surface area contributed by atoms with Crippen LogP contribution < -0.4 is 0 Å². The van der Waals surface area contributed by atoms with E-state index in [1.807, 2.05) is 42.6 Å². The van der Waals surface area contributed by atoms with E-state index in [-0.39, 0.29) is 5.78 Å². The molecule has 0 bridgehead atoms. The van der Waals surface area contributed by atoms with Gasteiger partial charge < -0.3 is 0 Å². The fourth-order valence-corrected chi connectivity index (χ4v) is 2.65. The number of fused-ring (bicyclic) bond motifs is 1. The normalized spacial score (nSPS) is 10.7. The lowest BCUT2D eigenvalue weighted by Crippen LogP contribution is -1.93. The monoisotopic (exact) mass is 281 g/mol. The minimum Gasteiger partial charge on any atom is -0.294 e. The van der Waals surface area contributed by atoms with E-state index in [1.165, 1.54) is 6.92 Å². The summed E-state index contributed by atoms with van der Waals surface area (Å²) in [6, 6.07) is 13.6. The molecule has 0 amide bonds. The number of hydrogen-bond donors (Lipinski definition) is 0. The van der Waals surface area contributed by atoms with Gasteiger partial charge in [0.1, 0.15) is 0 Å². The molecule has 0 atom stereocenters. The van der Waals surface area contributed by atoms with E-state index in [0.717, 1.165) is 21.9 Å². The molecule has 0 aliphatic carbocycles. The van der Waals surface area contributed by atoms with Crippen molar-refractivity contribution in [1.29, 1.82) is 0 Å². The van der Waals surface area contributed by atoms with Gasteiger partial charge in [0.15, 0.2) is 5.78 Å². The third kappa shape index (κ3) is 2.19. The lowest BCUT2D eigenvalue weighted by atomic mass is 9.98. The highest BCUT2D eigenvalue weighted by Crippen LogP contribution is 2.31. The average molecular weight is 282 g/mol. The predicted molar refractivity (Wildman–Crippen MR) is 82.2 cm³/mol. The Morgan fingerprint density at radius 3 is 2.75 bits per heavy atom. The lowest BCUT2D eigenvalue weighted by molar-refractivity contribution is 0.101. The van der Waals surface area contributed by atoms with Crippen LogP contribution in [-0.4, -0.2) is 10.8 Å². The van der Waals surface area contributed by atoms with Crippen molar-refractivity contribution in [2.45, 2.75) is 6.92 Å². The first kappa shape index (κ1) is 12.8. The molecule has 0 N–H and O–H groups in total. The summed E-state index contributed by atoms with van der Waals surface area (Å²) >= 11 is 6.19. The van der Waals surface area contributed by atoms with Crippen molar-refractivity contribution in [3.63, 3.8) is 0 Å². The molecule has 0 unspecified atom stereocenters. The van der Waals surface area contributed by atoms with E-state index in [4.69, 9.17) is 11.6 Å². The van der Waals surface area contributed by atoms with Crippen LogP contribution in [0.2, 0.25) is 5.02 Å². The second kappa shape index (κ2) is 5.06. The van der Waals surface area contributed by atoms with Crippen LogP contribution in [0.5, 0.6) is 0 Å². The van der Waals surface area contributed by atoms with Crippen LogP contribution in [0.3, 0.4) is 0 Å². The molecule has 3 heteroatoms. The molecule has 1 aromatic heterocycles. The van der Waals surface area contributed by atoms with Gasteiger partial charge in [-0.3, -0.25) is 9.78 Å². The van der Waals surface area contributed by atoms with Gasteiger partial charge in [-0.05, 0) is 41.6 Å². The zero-order chi connectivity index (χ0) is 14.1. The summed E-state index contributed by atoms with van der Waals surface area (Å²) in [6.45, 7) is 1.52. The van der Waals surface area contributed by atoms with Gasteiger partial charge in [0, 0.05) is 23.3 Å². The molecule has 0 spiro atoms. The summed E-state index contributed by atoms with van der Waals surface area (Å²) in [5.41, 5.74) is 2.60. The summed E-state index contributed by atoms with van der Waals surface area (Å²) < 4.78 is 0. The Labute approximate surface area is 122 Å². The Morgan fingerprint density at radius 1 is 1.15 bits per heavy atom. The molecule has 0 radical (unpaired) electrons. The molecular weight excluding hydrogens is 270 g/mol. The maximum absolute atomic E-state index is 11.4. The van der Waals surface area contributed by atoms with Crippen LogP contribution in [-0.2, 0) is 0 Å². The number of carbonyl (C=O) groups excluding carboxylic acids is 1. The Bertz CT molecular complexity index is 806. The first-order valence-corrected chi connectivity index (χ1v) is 6.68. The maximum Gasteiger partial charge on any atom is 0.161 e. The SMILES string of the molecule is CC(=O)c1ccc(-c2cccc3ccncc23)cc1Cl. The largest absolute Gasteiger partial charge is 0.294 e. The van der Waals surface area contributed by atoms with Gasteiger partial charge in [-0.1, -0.05) is 35.9 Å². The van der Waals surface area contributed by atoms with Crippen molar-refractivity contribution in [1.82, 2.24) is 4.98 Å². The van der Waals surface area contributed by atoms with Crippen molar-refractivity contribution in [3.05, 3.63) is 65.4 Å². The zero-order valence-corrected chi connectivity index (χ0v) is 11.7. The Kier molecular flexibility index (Phi) is 3.25. The second-order valence-electron chi connectivity index (χ2n) is 4.65. The number of halogens is 1. The zero-order valence-electron chi connectivity index (χ0n) is 10.9.